The maximum absolute atomic E-state index is 11.7. The van der Waals surface area contributed by atoms with Crippen LogP contribution in [0.1, 0.15) is 43.2 Å². The van der Waals surface area contributed by atoms with Gasteiger partial charge in [-0.05, 0) is 72.9 Å². The lowest BCUT2D eigenvalue weighted by Crippen LogP contribution is -2.45. The summed E-state index contributed by atoms with van der Waals surface area (Å²) in [4.78, 5) is 19.5. The largest absolute Gasteiger partial charge is 0.482 e. The maximum atomic E-state index is 11.7. The molecule has 1 saturated carbocycles. The molecule has 0 N–H and O–H groups in total. The average Bonchev–Trinajstić information content (AvgIpc) is 3.63. The fourth-order valence-electron chi connectivity index (χ4n) is 5.47. The van der Waals surface area contributed by atoms with Crippen molar-refractivity contribution in [3.63, 3.8) is 0 Å². The molecule has 2 aliphatic rings. The molecule has 202 valence electrons. The minimum Gasteiger partial charge on any atom is -0.482 e. The molecule has 1 saturated heterocycles. The molecule has 0 bridgehead atoms. The summed E-state index contributed by atoms with van der Waals surface area (Å²) < 4.78 is 14.0. The van der Waals surface area contributed by atoms with Gasteiger partial charge in [0.1, 0.15) is 12.4 Å². The predicted molar refractivity (Wildman–Crippen MR) is 156 cm³/mol. The van der Waals surface area contributed by atoms with Crippen molar-refractivity contribution in [1.82, 2.24) is 4.90 Å². The van der Waals surface area contributed by atoms with Crippen LogP contribution in [0.3, 0.4) is 0 Å². The Morgan fingerprint density at radius 1 is 0.974 bits per heavy atom. The molecule has 1 unspecified atom stereocenters. The van der Waals surface area contributed by atoms with Crippen molar-refractivity contribution in [3.05, 3.63) is 77.9 Å². The van der Waals surface area contributed by atoms with Crippen LogP contribution >= 0.6 is 11.3 Å². The van der Waals surface area contributed by atoms with Gasteiger partial charge < -0.3 is 14.3 Å². The van der Waals surface area contributed by atoms with Gasteiger partial charge >= 0.3 is 0 Å². The van der Waals surface area contributed by atoms with E-state index in [2.05, 4.69) is 52.5 Å². The summed E-state index contributed by atoms with van der Waals surface area (Å²) in [7, 11) is 1.62. The van der Waals surface area contributed by atoms with Crippen molar-refractivity contribution in [1.29, 1.82) is 0 Å². The van der Waals surface area contributed by atoms with Gasteiger partial charge in [-0.1, -0.05) is 47.6 Å². The predicted octanol–water partition coefficient (Wildman–Crippen LogP) is 6.94. The number of hydrogen-bond donors (Lipinski definition) is 0. The van der Waals surface area contributed by atoms with Gasteiger partial charge in [0.15, 0.2) is 6.29 Å². The number of hydrogen-bond acceptors (Lipinski definition) is 7. The molecule has 7 heteroatoms. The number of fused-ring (bicyclic) bond motifs is 3. The molecule has 4 aromatic rings. The number of aryl methyl sites for hydroxylation is 1. The topological polar surface area (TPSA) is 60.4 Å². The number of piperidine rings is 1. The van der Waals surface area contributed by atoms with E-state index in [0.29, 0.717) is 30.1 Å². The van der Waals surface area contributed by atoms with Gasteiger partial charge in [0, 0.05) is 39.7 Å². The number of oxime groups is 1. The normalized spacial score (nSPS) is 17.8. The van der Waals surface area contributed by atoms with Crippen LogP contribution in [0.15, 0.2) is 71.9 Å². The van der Waals surface area contributed by atoms with Gasteiger partial charge in [-0.25, -0.2) is 0 Å². The van der Waals surface area contributed by atoms with E-state index in [1.807, 2.05) is 24.3 Å². The van der Waals surface area contributed by atoms with Crippen molar-refractivity contribution in [3.8, 4) is 5.75 Å². The zero-order chi connectivity index (χ0) is 26.7. The van der Waals surface area contributed by atoms with Gasteiger partial charge in [0.05, 0.1) is 7.11 Å². The molecule has 6 rings (SSSR count). The molecule has 0 amide bonds. The Bertz CT molecular complexity index is 1460. The number of methoxy groups -OCH3 is 1. The molecular weight excluding hydrogens is 508 g/mol. The molecule has 1 aliphatic carbocycles. The van der Waals surface area contributed by atoms with Gasteiger partial charge in [-0.3, -0.25) is 9.69 Å². The summed E-state index contributed by atoms with van der Waals surface area (Å²) in [6.45, 7) is 2.25. The number of aldehydes is 1. The lowest BCUT2D eigenvalue weighted by Gasteiger charge is -2.35. The molecular formula is C32H34N2O4S. The van der Waals surface area contributed by atoms with E-state index in [1.165, 1.54) is 45.9 Å². The van der Waals surface area contributed by atoms with Crippen molar-refractivity contribution < 1.29 is 19.1 Å². The van der Waals surface area contributed by atoms with Gasteiger partial charge in [0.2, 0.25) is 12.1 Å². The fraction of sp³-hybridized carbons (Fsp3) is 0.375. The van der Waals surface area contributed by atoms with E-state index in [9.17, 15) is 4.79 Å². The van der Waals surface area contributed by atoms with Crippen LogP contribution in [0.2, 0.25) is 0 Å². The molecule has 1 spiro atoms. The second kappa shape index (κ2) is 11.4. The van der Waals surface area contributed by atoms with E-state index < -0.39 is 6.23 Å². The van der Waals surface area contributed by atoms with E-state index in [1.54, 1.807) is 18.4 Å². The van der Waals surface area contributed by atoms with Crippen LogP contribution in [-0.4, -0.2) is 43.5 Å². The molecule has 3 aromatic carbocycles. The third-order valence-electron chi connectivity index (χ3n) is 8.18. The lowest BCUT2D eigenvalue weighted by atomic mass is 9.94. The van der Waals surface area contributed by atoms with Crippen LogP contribution in [0.25, 0.3) is 20.2 Å². The fourth-order valence-corrected chi connectivity index (χ4v) is 6.64. The van der Waals surface area contributed by atoms with Crippen LogP contribution in [-0.2, 0) is 27.4 Å². The standard InChI is InChI=1S/C32H34N2O4S/c1-36-30(33-37-22-24-8-12-27-26-4-2-3-5-28(26)39-29(27)20-24)13-9-23-6-10-25(11-7-23)38-31(21-35)34-18-16-32(14-15-32)17-19-34/h2-8,10-12,20-21,31H,9,13-19,22H2,1H3. The van der Waals surface area contributed by atoms with E-state index in [4.69, 9.17) is 14.3 Å². The zero-order valence-corrected chi connectivity index (χ0v) is 23.1. The maximum Gasteiger partial charge on any atom is 0.225 e. The number of likely N-dealkylation sites (tertiary alicyclic amines) is 1. The van der Waals surface area contributed by atoms with Gasteiger partial charge in [0.25, 0.3) is 0 Å². The lowest BCUT2D eigenvalue weighted by molar-refractivity contribution is -0.123. The van der Waals surface area contributed by atoms with Crippen LogP contribution in [0, 0.1) is 5.41 Å². The number of thiophene rings is 1. The Labute approximate surface area is 233 Å². The number of rotatable bonds is 10. The SMILES string of the molecule is COC(CCc1ccc(OC(C=O)N2CCC3(CC2)CC3)cc1)=NOCc1ccc2c(c1)sc1ccccc12. The third kappa shape index (κ3) is 5.94. The zero-order valence-electron chi connectivity index (χ0n) is 22.3. The molecule has 2 heterocycles. The third-order valence-corrected chi connectivity index (χ3v) is 9.31. The summed E-state index contributed by atoms with van der Waals surface area (Å²) in [6, 6.07) is 22.8. The van der Waals surface area contributed by atoms with Crippen LogP contribution in [0.4, 0.5) is 0 Å². The average molecular weight is 543 g/mol. The summed E-state index contributed by atoms with van der Waals surface area (Å²) in [6.07, 6.45) is 6.83. The Balaban J connectivity index is 0.992. The van der Waals surface area contributed by atoms with Crippen molar-refractivity contribution >= 4 is 43.7 Å². The highest BCUT2D eigenvalue weighted by Gasteiger charge is 2.45. The first kappa shape index (κ1) is 25.8. The summed E-state index contributed by atoms with van der Waals surface area (Å²) >= 11 is 1.80. The number of benzene rings is 3. The summed E-state index contributed by atoms with van der Waals surface area (Å²) in [5.41, 5.74) is 2.79. The number of carbonyl (C=O) groups is 1. The first-order valence-corrected chi connectivity index (χ1v) is 14.5. The minimum absolute atomic E-state index is 0.388. The number of carbonyl (C=O) groups excluding carboxylic acids is 1. The van der Waals surface area contributed by atoms with Crippen molar-refractivity contribution in [2.75, 3.05) is 20.2 Å². The van der Waals surface area contributed by atoms with Crippen molar-refractivity contribution in [2.24, 2.45) is 10.6 Å². The molecule has 1 aromatic heterocycles. The summed E-state index contributed by atoms with van der Waals surface area (Å²) in [5.74, 6) is 1.26. The second-order valence-corrected chi connectivity index (χ2v) is 11.8. The number of ether oxygens (including phenoxy) is 2. The van der Waals surface area contributed by atoms with E-state index in [0.717, 1.165) is 36.9 Å². The first-order valence-electron chi connectivity index (χ1n) is 13.7. The highest BCUT2D eigenvalue weighted by Crippen LogP contribution is 2.53. The van der Waals surface area contributed by atoms with E-state index in [-0.39, 0.29) is 0 Å². The molecule has 39 heavy (non-hydrogen) atoms. The number of nitrogens with zero attached hydrogens (tertiary/aromatic N) is 2. The molecule has 2 fully saturated rings. The van der Waals surface area contributed by atoms with E-state index >= 15 is 0 Å². The van der Waals surface area contributed by atoms with Crippen LogP contribution < -0.4 is 4.74 Å². The van der Waals surface area contributed by atoms with Crippen LogP contribution in [0.5, 0.6) is 5.75 Å². The highest BCUT2D eigenvalue weighted by atomic mass is 32.1. The second-order valence-electron chi connectivity index (χ2n) is 10.7. The monoisotopic (exact) mass is 542 g/mol. The smallest absolute Gasteiger partial charge is 0.225 e. The Kier molecular flexibility index (Phi) is 7.53. The minimum atomic E-state index is -0.518. The molecule has 1 aliphatic heterocycles. The van der Waals surface area contributed by atoms with Gasteiger partial charge in [-0.2, -0.15) is 0 Å². The Morgan fingerprint density at radius 3 is 2.46 bits per heavy atom. The quantitative estimate of drug-likeness (QED) is 0.0940. The highest BCUT2D eigenvalue weighted by molar-refractivity contribution is 7.25. The first-order chi connectivity index (χ1) is 19.1. The van der Waals surface area contributed by atoms with Crippen molar-refractivity contribution in [2.45, 2.75) is 51.4 Å². The summed E-state index contributed by atoms with van der Waals surface area (Å²) in [5, 5.41) is 6.81. The molecule has 6 nitrogen and oxygen atoms in total. The molecule has 0 radical (unpaired) electrons. The Morgan fingerprint density at radius 2 is 1.72 bits per heavy atom. The van der Waals surface area contributed by atoms with Gasteiger partial charge in [-0.15, -0.1) is 11.3 Å². The molecule has 1 atom stereocenters. The Hall–Kier alpha value is -3.42.